The molecular formula is C113H79NO4S3. The minimum Gasteiger partial charge on any atom is -0.488 e. The number of nitriles is 1. The zero-order valence-corrected chi connectivity index (χ0v) is 71.1. The number of nitrogens with zero attached hydrogens (tertiary/aromatic N) is 1. The molecule has 0 unspecified atom stereocenters. The molecule has 0 N–H and O–H groups in total. The van der Waals surface area contributed by atoms with Crippen molar-refractivity contribution in [3.05, 3.63) is 44.6 Å². The molecule has 0 bridgehead atoms. The highest BCUT2D eigenvalue weighted by atomic mass is 32.1. The van der Waals surface area contributed by atoms with Crippen LogP contribution in [0.2, 0.25) is 0 Å². The van der Waals surface area contributed by atoms with Gasteiger partial charge in [-0.1, -0.05) is 194 Å². The van der Waals surface area contributed by atoms with Crippen molar-refractivity contribution < 1.29 is 18.9 Å². The van der Waals surface area contributed by atoms with Gasteiger partial charge in [-0.25, -0.2) is 0 Å². The van der Waals surface area contributed by atoms with E-state index in [9.17, 15) is 5.26 Å². The van der Waals surface area contributed by atoms with Gasteiger partial charge in [0.1, 0.15) is 10.8 Å². The van der Waals surface area contributed by atoms with E-state index in [1.165, 1.54) is 316 Å². The molecule has 28 aromatic carbocycles. The molecule has 4 aliphatic carbocycles. The lowest BCUT2D eigenvalue weighted by atomic mass is 9.49. The Labute approximate surface area is 704 Å². The molecule has 0 amide bonds. The first-order valence-electron chi connectivity index (χ1n) is 47.5. The highest BCUT2D eigenvalue weighted by Gasteiger charge is 2.71. The van der Waals surface area contributed by atoms with Crippen LogP contribution in [0.15, 0.2) is 16.8 Å². The summed E-state index contributed by atoms with van der Waals surface area (Å²) >= 11 is 5.45. The molecule has 8 heteroatoms. The summed E-state index contributed by atoms with van der Waals surface area (Å²) in [5.41, 5.74) is 3.89. The zero-order chi connectivity index (χ0) is 77.5. The fourth-order valence-electron chi connectivity index (χ4n) is 33.0. The lowest BCUT2D eigenvalue weighted by Gasteiger charge is -2.47. The lowest BCUT2D eigenvalue weighted by molar-refractivity contribution is 0.0783. The molecule has 0 saturated carbocycles. The Morgan fingerprint density at radius 3 is 0.777 bits per heavy atom. The first-order valence-corrected chi connectivity index (χ1v) is 50.1. The van der Waals surface area contributed by atoms with Crippen molar-refractivity contribution in [1.29, 1.82) is 5.26 Å². The van der Waals surface area contributed by atoms with Gasteiger partial charge in [-0.05, 0) is 345 Å². The molecule has 5 heterocycles. The van der Waals surface area contributed by atoms with Crippen LogP contribution in [0, 0.1) is 34.0 Å². The number of ether oxygens (including phenoxy) is 4. The maximum atomic E-state index is 14.5. The van der Waals surface area contributed by atoms with Crippen LogP contribution in [-0.4, -0.2) is 26.4 Å². The maximum Gasteiger partial charge on any atom is 0.180 e. The maximum absolute atomic E-state index is 14.5. The molecule has 578 valence electrons. The third-order valence-electron chi connectivity index (χ3n) is 36.8. The van der Waals surface area contributed by atoms with E-state index >= 15 is 0 Å². The number of benzene rings is 18. The quantitative estimate of drug-likeness (QED) is 0.0255. The zero-order valence-electron chi connectivity index (χ0n) is 68.7. The summed E-state index contributed by atoms with van der Waals surface area (Å²) in [6.45, 7) is 12.0. The van der Waals surface area contributed by atoms with Crippen LogP contribution in [0.5, 0.6) is 23.0 Å². The molecule has 0 spiro atoms. The van der Waals surface area contributed by atoms with Gasteiger partial charge in [0.05, 0.1) is 52.0 Å². The highest BCUT2D eigenvalue weighted by Crippen LogP contribution is 2.85. The van der Waals surface area contributed by atoms with Crippen molar-refractivity contribution >= 4 is 325 Å². The Hall–Kier alpha value is -10.2. The van der Waals surface area contributed by atoms with Gasteiger partial charge >= 0.3 is 0 Å². The molecular weight excluding hydrogens is 1530 g/mol. The van der Waals surface area contributed by atoms with Crippen LogP contribution >= 0.6 is 34.0 Å². The van der Waals surface area contributed by atoms with E-state index in [0.29, 0.717) is 26.4 Å². The normalized spacial score (nSPS) is 19.4. The summed E-state index contributed by atoms with van der Waals surface area (Å²) in [7, 11) is 0. The molecule has 31 aromatic rings. The van der Waals surface area contributed by atoms with Crippen LogP contribution in [0.1, 0.15) is 235 Å². The molecule has 0 saturated heterocycles. The minimum absolute atomic E-state index is 0.0634. The number of unbranched alkanes of at least 4 members (excludes halogenated alkanes) is 20. The largest absolute Gasteiger partial charge is 0.488 e. The summed E-state index contributed by atoms with van der Waals surface area (Å²) in [5, 5.41) is 102. The van der Waals surface area contributed by atoms with Crippen LogP contribution in [0.4, 0.5) is 0 Å². The fraction of sp³-hybridized carbons (Fsp3) is 0.354. The number of hydrogen-bond acceptors (Lipinski definition) is 8. The standard InChI is InChI=1S/C113H79NO4S3/c1-5-9-13-17-21-25-30-110(31-26-22-18-14-10-6-2)39-115-44-36-119-108(105(44)117-41-110)46-35-43(107(121-46)109-106-45(37-120-109)116-40-111(42-118-106,32-27-23-19-15-11-7-3)33-28-24-20-16-12-8-4)29-34-112-101-93-85-75-65-57-49-47-48-51-55-53(49)61-69-63(55)73-67-59(51)60-52(48)56-54-50(47)58(57)66-72-62(54)70-64(56)74-68(60)78-77(67)87-81(73)91-83(69)89(79(85)71(61)65)95(101)97(91)103-99(87)100-88(78)82(74)92-84(70)90-80(72)86(76(66)75)94(93)102(112)96(90)98(92)104(100)113(103,112)38-114/h35-37H,5-28,30-33,39-42H2,1-4H3. The smallest absolute Gasteiger partial charge is 0.180 e. The lowest BCUT2D eigenvalue weighted by Crippen LogP contribution is -2.50. The minimum atomic E-state index is -1.22. The van der Waals surface area contributed by atoms with Gasteiger partial charge in [0.25, 0.3) is 0 Å². The van der Waals surface area contributed by atoms with Gasteiger partial charge in [0.2, 0.25) is 0 Å². The second-order valence-electron chi connectivity index (χ2n) is 41.7. The van der Waals surface area contributed by atoms with E-state index in [2.05, 4.69) is 56.5 Å². The Balaban J connectivity index is 0.644. The van der Waals surface area contributed by atoms with E-state index in [4.69, 9.17) is 24.9 Å². The molecule has 0 radical (unpaired) electrons. The number of fused-ring (bicyclic) bond motifs is 2. The molecule has 3 aromatic heterocycles. The van der Waals surface area contributed by atoms with Crippen molar-refractivity contribution in [1.82, 2.24) is 0 Å². The summed E-state index contributed by atoms with van der Waals surface area (Å²) in [5.74, 6) is 12.9. The predicted molar refractivity (Wildman–Crippen MR) is 516 cm³/mol. The van der Waals surface area contributed by atoms with Crippen molar-refractivity contribution in [3.8, 4) is 60.4 Å². The first kappa shape index (κ1) is 62.8. The molecule has 5 nitrogen and oxygen atoms in total. The SMILES string of the molecule is CCCCCCCCC1(CCCCCCCC)COc2csc(-c3cc(C#CC45c6c7c8c9c%10c%11c(c%12c%13c4c4c6c6c%14c7c7c8c8c%10c%10c%15c%11c%11c%12c%12c%13c%13c4c4c6c6c%14c%14c7c7c8c%10c8c%10c%15c%11c%11c%12c%12c%13c4c4c6c6c%14c7c8c7c%10c%11c%12c4c67)C95C#N)c(-c4scc5c4OCC(CCCCCCCC)(CCCCCCCC)CO5)s3)c2OC1. The van der Waals surface area contributed by atoms with Gasteiger partial charge in [-0.2, -0.15) is 5.26 Å². The Kier molecular flexibility index (Phi) is 10.0. The summed E-state index contributed by atoms with van der Waals surface area (Å²) in [6.07, 6.45) is 35.2. The van der Waals surface area contributed by atoms with Crippen LogP contribution in [0.25, 0.3) is 310 Å². The number of hydrogen-bond donors (Lipinski definition) is 0. The van der Waals surface area contributed by atoms with E-state index in [0.717, 1.165) is 73.8 Å². The Morgan fingerprint density at radius 2 is 0.504 bits per heavy atom. The van der Waals surface area contributed by atoms with Gasteiger partial charge in [0.15, 0.2) is 23.0 Å². The second kappa shape index (κ2) is 19.3. The molecule has 0 fully saturated rings. The summed E-state index contributed by atoms with van der Waals surface area (Å²) < 4.78 is 29.9. The van der Waals surface area contributed by atoms with E-state index < -0.39 is 10.8 Å². The third kappa shape index (κ3) is 5.59. The van der Waals surface area contributed by atoms with Gasteiger partial charge < -0.3 is 18.9 Å². The van der Waals surface area contributed by atoms with E-state index in [1.807, 2.05) is 11.3 Å². The van der Waals surface area contributed by atoms with Crippen molar-refractivity contribution in [2.75, 3.05) is 26.4 Å². The van der Waals surface area contributed by atoms with Crippen LogP contribution < -0.4 is 18.9 Å². The molecule has 121 heavy (non-hydrogen) atoms. The van der Waals surface area contributed by atoms with Crippen molar-refractivity contribution in [3.63, 3.8) is 0 Å². The predicted octanol–water partition coefficient (Wildman–Crippen LogP) is 33.9. The Bertz CT molecular complexity index is 9300. The molecule has 6 aliphatic rings. The van der Waals surface area contributed by atoms with Gasteiger partial charge in [0, 0.05) is 27.2 Å². The van der Waals surface area contributed by atoms with E-state index in [-0.39, 0.29) is 10.8 Å². The van der Waals surface area contributed by atoms with Crippen LogP contribution in [-0.2, 0) is 10.8 Å². The average molecular weight is 1610 g/mol. The second-order valence-corrected chi connectivity index (χ2v) is 44.5. The molecule has 2 aliphatic heterocycles. The van der Waals surface area contributed by atoms with Crippen LogP contribution in [0.3, 0.4) is 0 Å². The average Bonchev–Trinajstić information content (AvgIpc) is 1.38. The fourth-order valence-corrected chi connectivity index (χ4v) is 36.2. The highest BCUT2D eigenvalue weighted by molar-refractivity contribution is 7.26. The van der Waals surface area contributed by atoms with E-state index in [1.54, 1.807) is 173 Å². The third-order valence-corrected chi connectivity index (χ3v) is 40.2. The Morgan fingerprint density at radius 1 is 0.273 bits per heavy atom. The number of thiophene rings is 3. The van der Waals surface area contributed by atoms with Gasteiger partial charge in [-0.3, -0.25) is 0 Å². The summed E-state index contributed by atoms with van der Waals surface area (Å²) in [6, 6.07) is 6.25. The monoisotopic (exact) mass is 1610 g/mol. The molecule has 37 rings (SSSR count). The molecule has 0 atom stereocenters. The van der Waals surface area contributed by atoms with Gasteiger partial charge in [-0.15, -0.1) is 34.0 Å². The van der Waals surface area contributed by atoms with Crippen molar-refractivity contribution in [2.45, 2.75) is 218 Å². The number of rotatable bonds is 30. The van der Waals surface area contributed by atoms with Crippen molar-refractivity contribution in [2.24, 2.45) is 10.8 Å². The summed E-state index contributed by atoms with van der Waals surface area (Å²) in [4.78, 5) is 4.52. The topological polar surface area (TPSA) is 60.7 Å². The first-order chi connectivity index (χ1) is 59.9.